The van der Waals surface area contributed by atoms with Gasteiger partial charge in [-0.25, -0.2) is 4.79 Å². The molecule has 2 saturated heterocycles. The van der Waals surface area contributed by atoms with Crippen LogP contribution < -0.4 is 11.1 Å². The first-order valence-corrected chi connectivity index (χ1v) is 7.09. The molecule has 5 nitrogen and oxygen atoms in total. The minimum Gasteiger partial charge on any atom is -0.408 e. The van der Waals surface area contributed by atoms with Gasteiger partial charge in [-0.3, -0.25) is 4.57 Å². The second-order valence-electron chi connectivity index (χ2n) is 6.04. The maximum Gasteiger partial charge on any atom is 0.419 e. The number of aromatic nitrogens is 1. The van der Waals surface area contributed by atoms with Gasteiger partial charge in [0.1, 0.15) is 0 Å². The van der Waals surface area contributed by atoms with Crippen LogP contribution in [0.25, 0.3) is 11.1 Å². The molecule has 5 heteroatoms. The van der Waals surface area contributed by atoms with E-state index >= 15 is 0 Å². The van der Waals surface area contributed by atoms with E-state index in [1.807, 2.05) is 12.1 Å². The summed E-state index contributed by atoms with van der Waals surface area (Å²) in [6.07, 6.45) is 2.21. The van der Waals surface area contributed by atoms with Crippen molar-refractivity contribution in [1.82, 2.24) is 9.88 Å². The SMILES string of the molecule is Cn1c(=O)oc2cc(C3CCNC4(COC4)C3)ccc21. The number of oxazole rings is 1. The Bertz CT molecular complexity index is 711. The Labute approximate surface area is 116 Å². The predicted molar refractivity (Wildman–Crippen MR) is 75.0 cm³/mol. The number of aryl methyl sites for hydroxylation is 1. The molecule has 0 saturated carbocycles. The van der Waals surface area contributed by atoms with Crippen LogP contribution in [0.5, 0.6) is 0 Å². The van der Waals surface area contributed by atoms with E-state index in [0.29, 0.717) is 11.5 Å². The van der Waals surface area contributed by atoms with Crippen molar-refractivity contribution in [3.63, 3.8) is 0 Å². The van der Waals surface area contributed by atoms with Crippen molar-refractivity contribution in [3.05, 3.63) is 34.3 Å². The molecule has 2 aliphatic rings. The van der Waals surface area contributed by atoms with Crippen LogP contribution in [0.3, 0.4) is 0 Å². The molecule has 1 unspecified atom stereocenters. The summed E-state index contributed by atoms with van der Waals surface area (Å²) in [5.41, 5.74) is 2.98. The van der Waals surface area contributed by atoms with Crippen LogP contribution in [-0.4, -0.2) is 29.9 Å². The van der Waals surface area contributed by atoms with E-state index in [4.69, 9.17) is 9.15 Å². The molecule has 1 atom stereocenters. The smallest absolute Gasteiger partial charge is 0.408 e. The minimum absolute atomic E-state index is 0.176. The fraction of sp³-hybridized carbons (Fsp3) is 0.533. The summed E-state index contributed by atoms with van der Waals surface area (Å²) in [6, 6.07) is 6.14. The summed E-state index contributed by atoms with van der Waals surface area (Å²) in [7, 11) is 1.74. The van der Waals surface area contributed by atoms with Crippen LogP contribution in [0.1, 0.15) is 24.3 Å². The largest absolute Gasteiger partial charge is 0.419 e. The third kappa shape index (κ3) is 1.73. The Morgan fingerprint density at radius 2 is 2.25 bits per heavy atom. The number of nitrogens with zero attached hydrogens (tertiary/aromatic N) is 1. The van der Waals surface area contributed by atoms with Gasteiger partial charge in [0, 0.05) is 7.05 Å². The molecule has 2 aromatic rings. The third-order valence-electron chi connectivity index (χ3n) is 4.67. The van der Waals surface area contributed by atoms with Gasteiger partial charge in [0.15, 0.2) is 5.58 Å². The number of hydrogen-bond acceptors (Lipinski definition) is 4. The Morgan fingerprint density at radius 3 is 3.00 bits per heavy atom. The fourth-order valence-corrected chi connectivity index (χ4v) is 3.41. The van der Waals surface area contributed by atoms with Crippen molar-refractivity contribution in [2.45, 2.75) is 24.3 Å². The molecule has 2 fully saturated rings. The molecule has 0 radical (unpaired) electrons. The van der Waals surface area contributed by atoms with Crippen LogP contribution in [0.15, 0.2) is 27.4 Å². The summed E-state index contributed by atoms with van der Waals surface area (Å²) < 4.78 is 12.2. The first kappa shape index (κ1) is 12.2. The van der Waals surface area contributed by atoms with Crippen LogP contribution in [-0.2, 0) is 11.8 Å². The summed E-state index contributed by atoms with van der Waals surface area (Å²) in [5.74, 6) is 0.210. The summed E-state index contributed by atoms with van der Waals surface area (Å²) in [4.78, 5) is 11.6. The van der Waals surface area contributed by atoms with E-state index in [1.165, 1.54) is 5.56 Å². The summed E-state index contributed by atoms with van der Waals surface area (Å²) in [5, 5.41) is 3.58. The standard InChI is InChI=1S/C15H18N2O3/c1-17-12-3-2-10(6-13(12)20-14(17)18)11-4-5-16-15(7-11)8-19-9-15/h2-3,6,11,16H,4-5,7-9H2,1H3. The van der Waals surface area contributed by atoms with Crippen LogP contribution in [0, 0.1) is 0 Å². The number of nitrogens with one attached hydrogen (secondary N) is 1. The Balaban J connectivity index is 1.69. The average Bonchev–Trinajstić information content (AvgIpc) is 2.72. The molecule has 0 amide bonds. The van der Waals surface area contributed by atoms with Gasteiger partial charge in [-0.15, -0.1) is 0 Å². The van der Waals surface area contributed by atoms with Gasteiger partial charge in [-0.2, -0.15) is 0 Å². The maximum atomic E-state index is 11.6. The normalized spacial score (nSPS) is 24.9. The van der Waals surface area contributed by atoms with Crippen LogP contribution >= 0.6 is 0 Å². The minimum atomic E-state index is -0.300. The highest BCUT2D eigenvalue weighted by Crippen LogP contribution is 2.37. The average molecular weight is 274 g/mol. The van der Waals surface area contributed by atoms with Crippen molar-refractivity contribution in [3.8, 4) is 0 Å². The zero-order chi connectivity index (χ0) is 13.7. The molecule has 0 bridgehead atoms. The van der Waals surface area contributed by atoms with Gasteiger partial charge in [0.25, 0.3) is 0 Å². The lowest BCUT2D eigenvalue weighted by atomic mass is 9.77. The van der Waals surface area contributed by atoms with Crippen molar-refractivity contribution < 1.29 is 9.15 Å². The number of benzene rings is 1. The lowest BCUT2D eigenvalue weighted by molar-refractivity contribution is -0.0893. The molecule has 0 aliphatic carbocycles. The number of fused-ring (bicyclic) bond motifs is 1. The van der Waals surface area contributed by atoms with Crippen LogP contribution in [0.4, 0.5) is 0 Å². The molecule has 4 rings (SSSR count). The van der Waals surface area contributed by atoms with E-state index in [2.05, 4.69) is 11.4 Å². The number of ether oxygens (including phenoxy) is 1. The van der Waals surface area contributed by atoms with Gasteiger partial charge in [0.05, 0.1) is 24.3 Å². The number of hydrogen-bond donors (Lipinski definition) is 1. The lowest BCUT2D eigenvalue weighted by Crippen LogP contribution is -2.63. The van der Waals surface area contributed by atoms with E-state index in [9.17, 15) is 4.79 Å². The van der Waals surface area contributed by atoms with Crippen molar-refractivity contribution >= 4 is 11.1 Å². The first-order chi connectivity index (χ1) is 9.67. The predicted octanol–water partition coefficient (Wildman–Crippen LogP) is 1.37. The Hall–Kier alpha value is -1.59. The molecular formula is C15H18N2O3. The molecule has 20 heavy (non-hydrogen) atoms. The summed E-state index contributed by atoms with van der Waals surface area (Å²) >= 11 is 0. The van der Waals surface area contributed by atoms with E-state index in [0.717, 1.165) is 38.1 Å². The third-order valence-corrected chi connectivity index (χ3v) is 4.67. The second kappa shape index (κ2) is 4.20. The first-order valence-electron chi connectivity index (χ1n) is 7.09. The van der Waals surface area contributed by atoms with Gasteiger partial charge < -0.3 is 14.5 Å². The molecule has 2 aliphatic heterocycles. The molecule has 1 spiro atoms. The molecule has 1 N–H and O–H groups in total. The number of rotatable bonds is 1. The molecule has 1 aromatic carbocycles. The number of piperidine rings is 1. The molecule has 106 valence electrons. The zero-order valence-electron chi connectivity index (χ0n) is 11.5. The van der Waals surface area contributed by atoms with Gasteiger partial charge >= 0.3 is 5.76 Å². The van der Waals surface area contributed by atoms with Crippen molar-refractivity contribution in [2.24, 2.45) is 7.05 Å². The Morgan fingerprint density at radius 1 is 1.40 bits per heavy atom. The maximum absolute atomic E-state index is 11.6. The lowest BCUT2D eigenvalue weighted by Gasteiger charge is -2.47. The topological polar surface area (TPSA) is 56.4 Å². The van der Waals surface area contributed by atoms with Gasteiger partial charge in [0.2, 0.25) is 0 Å². The van der Waals surface area contributed by atoms with Gasteiger partial charge in [-0.05, 0) is 43.0 Å². The molecule has 3 heterocycles. The van der Waals surface area contributed by atoms with E-state index in [1.54, 1.807) is 11.6 Å². The fourth-order valence-electron chi connectivity index (χ4n) is 3.41. The van der Waals surface area contributed by atoms with Crippen LogP contribution in [0.2, 0.25) is 0 Å². The van der Waals surface area contributed by atoms with Gasteiger partial charge in [-0.1, -0.05) is 6.07 Å². The van der Waals surface area contributed by atoms with E-state index < -0.39 is 0 Å². The summed E-state index contributed by atoms with van der Waals surface area (Å²) in [6.45, 7) is 2.64. The molecule has 1 aromatic heterocycles. The second-order valence-corrected chi connectivity index (χ2v) is 6.04. The van der Waals surface area contributed by atoms with Crippen molar-refractivity contribution in [2.75, 3.05) is 19.8 Å². The zero-order valence-corrected chi connectivity index (χ0v) is 11.5. The quantitative estimate of drug-likeness (QED) is 0.853. The van der Waals surface area contributed by atoms with E-state index in [-0.39, 0.29) is 11.3 Å². The van der Waals surface area contributed by atoms with Crippen molar-refractivity contribution in [1.29, 1.82) is 0 Å². The highest BCUT2D eigenvalue weighted by Gasteiger charge is 2.42. The monoisotopic (exact) mass is 274 g/mol. The highest BCUT2D eigenvalue weighted by atomic mass is 16.5. The molecular weight excluding hydrogens is 256 g/mol. The Kier molecular flexibility index (Phi) is 2.56. The highest BCUT2D eigenvalue weighted by molar-refractivity contribution is 5.73.